The SMILES string of the molecule is Cn1c2cc(Oc3cccc(F)n3)ccc2c2cnn(CCN3CCOCC3)c(=O)c21. The number of pyridine rings is 1. The van der Waals surface area contributed by atoms with E-state index in [1.807, 2.05) is 23.7 Å². The molecule has 8 nitrogen and oxygen atoms in total. The van der Waals surface area contributed by atoms with E-state index in [0.717, 1.165) is 49.1 Å². The molecule has 0 atom stereocenters. The fraction of sp³-hybridized carbons (Fsp3) is 0.318. The van der Waals surface area contributed by atoms with Crippen LogP contribution in [0, 0.1) is 5.95 Å². The Morgan fingerprint density at radius 3 is 2.77 bits per heavy atom. The van der Waals surface area contributed by atoms with Gasteiger partial charge in [-0.15, -0.1) is 0 Å². The predicted octanol–water partition coefficient (Wildman–Crippen LogP) is 2.55. The summed E-state index contributed by atoms with van der Waals surface area (Å²) in [5.41, 5.74) is 1.29. The quantitative estimate of drug-likeness (QED) is 0.460. The third-order valence-corrected chi connectivity index (χ3v) is 5.62. The van der Waals surface area contributed by atoms with E-state index in [1.165, 1.54) is 16.8 Å². The monoisotopic (exact) mass is 423 g/mol. The zero-order valence-electron chi connectivity index (χ0n) is 17.1. The first-order valence-corrected chi connectivity index (χ1v) is 10.2. The van der Waals surface area contributed by atoms with Crippen LogP contribution in [0.1, 0.15) is 0 Å². The van der Waals surface area contributed by atoms with Crippen LogP contribution >= 0.6 is 0 Å². The van der Waals surface area contributed by atoms with Crippen LogP contribution in [0.5, 0.6) is 11.6 Å². The lowest BCUT2D eigenvalue weighted by molar-refractivity contribution is 0.0358. The van der Waals surface area contributed by atoms with E-state index in [9.17, 15) is 9.18 Å². The molecule has 5 rings (SSSR count). The van der Waals surface area contributed by atoms with Gasteiger partial charge in [0.25, 0.3) is 5.56 Å². The van der Waals surface area contributed by atoms with Crippen molar-refractivity contribution in [3.8, 4) is 11.6 Å². The highest BCUT2D eigenvalue weighted by molar-refractivity contribution is 6.07. The molecule has 0 aliphatic carbocycles. The fourth-order valence-corrected chi connectivity index (χ4v) is 3.99. The molecule has 31 heavy (non-hydrogen) atoms. The molecule has 0 saturated carbocycles. The maximum Gasteiger partial charge on any atom is 0.291 e. The van der Waals surface area contributed by atoms with Crippen molar-refractivity contribution in [1.29, 1.82) is 0 Å². The molecule has 9 heteroatoms. The topological polar surface area (TPSA) is 74.4 Å². The summed E-state index contributed by atoms with van der Waals surface area (Å²) in [5, 5.41) is 6.10. The van der Waals surface area contributed by atoms with E-state index in [0.29, 0.717) is 17.8 Å². The summed E-state index contributed by atoms with van der Waals surface area (Å²) in [6.07, 6.45) is 1.74. The zero-order valence-corrected chi connectivity index (χ0v) is 17.1. The lowest BCUT2D eigenvalue weighted by atomic mass is 10.2. The van der Waals surface area contributed by atoms with Crippen LogP contribution in [0.3, 0.4) is 0 Å². The Balaban J connectivity index is 1.48. The summed E-state index contributed by atoms with van der Waals surface area (Å²) in [6, 6.07) is 9.87. The predicted molar refractivity (Wildman–Crippen MR) is 114 cm³/mol. The number of rotatable bonds is 5. The van der Waals surface area contributed by atoms with Gasteiger partial charge in [-0.1, -0.05) is 6.07 Å². The summed E-state index contributed by atoms with van der Waals surface area (Å²) >= 11 is 0. The summed E-state index contributed by atoms with van der Waals surface area (Å²) in [4.78, 5) is 19.2. The fourth-order valence-electron chi connectivity index (χ4n) is 3.99. The van der Waals surface area contributed by atoms with Gasteiger partial charge in [0.15, 0.2) is 0 Å². The maximum atomic E-state index is 13.3. The van der Waals surface area contributed by atoms with E-state index >= 15 is 0 Å². The molecule has 0 amide bonds. The third kappa shape index (κ3) is 3.77. The van der Waals surface area contributed by atoms with Gasteiger partial charge in [0.05, 0.1) is 31.5 Å². The van der Waals surface area contributed by atoms with Crippen molar-refractivity contribution < 1.29 is 13.9 Å². The molecule has 0 bridgehead atoms. The second kappa shape index (κ2) is 8.09. The second-order valence-corrected chi connectivity index (χ2v) is 7.53. The Bertz CT molecular complexity index is 1310. The molecular formula is C22H22FN5O3. The molecule has 1 aromatic carbocycles. The number of fused-ring (bicyclic) bond motifs is 3. The Morgan fingerprint density at radius 1 is 1.13 bits per heavy atom. The number of aryl methyl sites for hydroxylation is 1. The number of morpholine rings is 1. The van der Waals surface area contributed by atoms with Gasteiger partial charge in [-0.05, 0) is 18.2 Å². The summed E-state index contributed by atoms with van der Waals surface area (Å²) in [5.74, 6) is 0.0780. The third-order valence-electron chi connectivity index (χ3n) is 5.62. The van der Waals surface area contributed by atoms with E-state index in [-0.39, 0.29) is 11.4 Å². The van der Waals surface area contributed by atoms with Crippen molar-refractivity contribution in [2.75, 3.05) is 32.8 Å². The number of halogens is 1. The highest BCUT2D eigenvalue weighted by Crippen LogP contribution is 2.30. The molecule has 0 spiro atoms. The van der Waals surface area contributed by atoms with Crippen molar-refractivity contribution >= 4 is 21.8 Å². The lowest BCUT2D eigenvalue weighted by Crippen LogP contribution is -2.39. The van der Waals surface area contributed by atoms with Crippen molar-refractivity contribution in [2.45, 2.75) is 6.54 Å². The molecule has 160 valence electrons. The Morgan fingerprint density at radius 2 is 1.97 bits per heavy atom. The van der Waals surface area contributed by atoms with Gasteiger partial charge in [0.1, 0.15) is 11.3 Å². The summed E-state index contributed by atoms with van der Waals surface area (Å²) < 4.78 is 27.8. The normalized spacial score (nSPS) is 15.0. The zero-order chi connectivity index (χ0) is 21.4. The highest BCUT2D eigenvalue weighted by Gasteiger charge is 2.16. The molecule has 1 fully saturated rings. The average Bonchev–Trinajstić information content (AvgIpc) is 3.06. The summed E-state index contributed by atoms with van der Waals surface area (Å²) in [7, 11) is 1.85. The molecule has 0 radical (unpaired) electrons. The first-order chi connectivity index (χ1) is 15.1. The molecule has 1 saturated heterocycles. The molecule has 4 aromatic rings. The number of aromatic nitrogens is 4. The van der Waals surface area contributed by atoms with Gasteiger partial charge < -0.3 is 14.0 Å². The van der Waals surface area contributed by atoms with Crippen molar-refractivity contribution in [3.63, 3.8) is 0 Å². The molecular weight excluding hydrogens is 401 g/mol. The van der Waals surface area contributed by atoms with E-state index in [2.05, 4.69) is 15.0 Å². The van der Waals surface area contributed by atoms with Crippen LogP contribution in [0.2, 0.25) is 0 Å². The smallest absolute Gasteiger partial charge is 0.291 e. The first kappa shape index (κ1) is 19.7. The van der Waals surface area contributed by atoms with Gasteiger partial charge in [-0.25, -0.2) is 4.68 Å². The van der Waals surface area contributed by atoms with Crippen LogP contribution in [-0.2, 0) is 18.3 Å². The number of nitrogens with zero attached hydrogens (tertiary/aromatic N) is 5. The summed E-state index contributed by atoms with van der Waals surface area (Å²) in [6.45, 7) is 4.46. The standard InChI is InChI=1S/C22H22FN5O3/c1-26-18-13-15(31-20-4-2-3-19(23)25-20)5-6-16(18)17-14-24-28(22(29)21(17)26)8-7-27-9-11-30-12-10-27/h2-6,13-14H,7-12H2,1H3. The highest BCUT2D eigenvalue weighted by atomic mass is 19.1. The minimum Gasteiger partial charge on any atom is -0.439 e. The van der Waals surface area contributed by atoms with Crippen LogP contribution in [-0.4, -0.2) is 57.1 Å². The lowest BCUT2D eigenvalue weighted by Gasteiger charge is -2.26. The molecule has 1 aliphatic rings. The molecule has 0 unspecified atom stereocenters. The Labute approximate surface area is 177 Å². The van der Waals surface area contributed by atoms with Crippen molar-refractivity contribution in [3.05, 3.63) is 58.9 Å². The van der Waals surface area contributed by atoms with E-state index < -0.39 is 5.95 Å². The number of hydrogen-bond acceptors (Lipinski definition) is 6. The van der Waals surface area contributed by atoms with Crippen LogP contribution in [0.4, 0.5) is 4.39 Å². The van der Waals surface area contributed by atoms with Crippen molar-refractivity contribution in [2.24, 2.45) is 7.05 Å². The van der Waals surface area contributed by atoms with Gasteiger partial charge in [0, 0.05) is 49.6 Å². The number of hydrogen-bond donors (Lipinski definition) is 0. The minimum absolute atomic E-state index is 0.126. The van der Waals surface area contributed by atoms with Gasteiger partial charge in [-0.3, -0.25) is 9.69 Å². The van der Waals surface area contributed by atoms with Crippen LogP contribution < -0.4 is 10.3 Å². The number of ether oxygens (including phenoxy) is 2. The molecule has 0 N–H and O–H groups in total. The largest absolute Gasteiger partial charge is 0.439 e. The number of benzene rings is 1. The average molecular weight is 423 g/mol. The van der Waals surface area contributed by atoms with Crippen LogP contribution in [0.15, 0.2) is 47.4 Å². The first-order valence-electron chi connectivity index (χ1n) is 10.2. The minimum atomic E-state index is -0.605. The maximum absolute atomic E-state index is 13.3. The van der Waals surface area contributed by atoms with E-state index in [1.54, 1.807) is 18.3 Å². The van der Waals surface area contributed by atoms with E-state index in [4.69, 9.17) is 9.47 Å². The Hall–Kier alpha value is -3.30. The Kier molecular flexibility index (Phi) is 5.13. The molecule has 1 aliphatic heterocycles. The molecule has 4 heterocycles. The van der Waals surface area contributed by atoms with Crippen LogP contribution in [0.25, 0.3) is 21.8 Å². The van der Waals surface area contributed by atoms with Crippen molar-refractivity contribution in [1.82, 2.24) is 24.2 Å². The van der Waals surface area contributed by atoms with Gasteiger partial charge in [-0.2, -0.15) is 14.5 Å². The van der Waals surface area contributed by atoms with Gasteiger partial charge >= 0.3 is 0 Å². The molecule has 3 aromatic heterocycles. The van der Waals surface area contributed by atoms with Gasteiger partial charge in [0.2, 0.25) is 11.8 Å². The second-order valence-electron chi connectivity index (χ2n) is 7.53.